The molecule has 14 nitrogen and oxygen atoms in total. The summed E-state index contributed by atoms with van der Waals surface area (Å²) in [6.07, 6.45) is -0.903. The summed E-state index contributed by atoms with van der Waals surface area (Å²) < 4.78 is 23.8. The van der Waals surface area contributed by atoms with Gasteiger partial charge in [0, 0.05) is 61.0 Å². The molecule has 4 N–H and O–H groups in total. The Morgan fingerprint density at radius 3 is 1.88 bits per heavy atom. The normalized spacial score (nSPS) is 31.6. The molecule has 0 aliphatic carbocycles. The van der Waals surface area contributed by atoms with Crippen molar-refractivity contribution in [1.29, 1.82) is 0 Å². The molecule has 1 aromatic carbocycles. The minimum atomic E-state index is -1.02. The van der Waals surface area contributed by atoms with E-state index in [2.05, 4.69) is 22.5 Å². The Labute approximate surface area is 297 Å². The lowest BCUT2D eigenvalue weighted by Crippen LogP contribution is -2.54. The fourth-order valence-electron chi connectivity index (χ4n) is 5.93. The fraction of sp³-hybridized carbons (Fsp3) is 0.697. The maximum absolute atomic E-state index is 11.7. The summed E-state index contributed by atoms with van der Waals surface area (Å²) in [4.78, 5) is 36.1. The van der Waals surface area contributed by atoms with E-state index in [1.165, 1.54) is 11.8 Å². The second-order valence-corrected chi connectivity index (χ2v) is 14.9. The van der Waals surface area contributed by atoms with Crippen LogP contribution in [-0.2, 0) is 30.4 Å². The van der Waals surface area contributed by atoms with Crippen LogP contribution >= 0.6 is 23.5 Å². The van der Waals surface area contributed by atoms with E-state index in [0.29, 0.717) is 25.9 Å². The minimum absolute atomic E-state index is 0.0305. The number of fused-ring (bicyclic) bond motifs is 2. The molecule has 10 atom stereocenters. The van der Waals surface area contributed by atoms with Crippen molar-refractivity contribution in [2.45, 2.75) is 92.7 Å². The highest BCUT2D eigenvalue weighted by atomic mass is 32.2. The number of thioether (sulfide) groups is 2. The number of amidine groups is 2. The first-order valence-corrected chi connectivity index (χ1v) is 18.3. The van der Waals surface area contributed by atoms with Gasteiger partial charge in [-0.15, -0.1) is 0 Å². The Bertz CT molecular complexity index is 1320. The molecule has 4 heterocycles. The van der Waals surface area contributed by atoms with Gasteiger partial charge in [0.05, 0.1) is 32.0 Å². The van der Waals surface area contributed by atoms with E-state index in [1.54, 1.807) is 33.0 Å². The summed E-state index contributed by atoms with van der Waals surface area (Å²) >= 11 is 3.07. The molecule has 4 aliphatic heterocycles. The van der Waals surface area contributed by atoms with Crippen LogP contribution in [0.15, 0.2) is 34.3 Å². The van der Waals surface area contributed by atoms with Crippen LogP contribution in [0, 0.1) is 5.92 Å². The van der Waals surface area contributed by atoms with Crippen molar-refractivity contribution in [3.63, 3.8) is 0 Å². The molecule has 2 saturated heterocycles. The second-order valence-electron chi connectivity index (χ2n) is 12.8. The predicted molar refractivity (Wildman–Crippen MR) is 192 cm³/mol. The molecule has 274 valence electrons. The highest BCUT2D eigenvalue weighted by Crippen LogP contribution is 2.42. The highest BCUT2D eigenvalue weighted by Gasteiger charge is 2.49. The van der Waals surface area contributed by atoms with E-state index in [9.17, 15) is 19.8 Å². The maximum atomic E-state index is 11.7. The van der Waals surface area contributed by atoms with Crippen LogP contribution in [0.1, 0.15) is 38.2 Å². The van der Waals surface area contributed by atoms with Crippen LogP contribution in [0.3, 0.4) is 0 Å². The third-order valence-electron chi connectivity index (χ3n) is 8.90. The van der Waals surface area contributed by atoms with Crippen molar-refractivity contribution in [1.82, 2.24) is 20.4 Å². The van der Waals surface area contributed by atoms with Crippen LogP contribution in [0.2, 0.25) is 0 Å². The van der Waals surface area contributed by atoms with Gasteiger partial charge in [-0.05, 0) is 30.5 Å². The molecule has 2 fully saturated rings. The van der Waals surface area contributed by atoms with Crippen molar-refractivity contribution < 1.29 is 38.7 Å². The summed E-state index contributed by atoms with van der Waals surface area (Å²) in [7, 11) is 12.6. The number of nitrogens with one attached hydrogen (secondary N) is 2. The fourth-order valence-corrected chi connectivity index (χ4v) is 8.25. The Morgan fingerprint density at radius 1 is 0.837 bits per heavy atom. The Balaban J connectivity index is 0.000000237. The van der Waals surface area contributed by atoms with Gasteiger partial charge in [-0.2, -0.15) is 0 Å². The zero-order chi connectivity index (χ0) is 35.8. The molecular formula is C33H52N6O8S2. The van der Waals surface area contributed by atoms with Gasteiger partial charge in [0.15, 0.2) is 10.3 Å². The number of aliphatic hydroxyl groups is 2. The van der Waals surface area contributed by atoms with E-state index in [0.717, 1.165) is 21.6 Å². The van der Waals surface area contributed by atoms with E-state index in [1.807, 2.05) is 62.3 Å². The van der Waals surface area contributed by atoms with Gasteiger partial charge >= 0.3 is 0 Å². The summed E-state index contributed by atoms with van der Waals surface area (Å²) in [5, 5.41) is 27.2. The lowest BCUT2D eigenvalue weighted by molar-refractivity contribution is -0.156. The Kier molecular flexibility index (Phi) is 14.4. The first kappa shape index (κ1) is 39.2. The van der Waals surface area contributed by atoms with Crippen LogP contribution in [0.25, 0.3) is 0 Å². The maximum Gasteiger partial charge on any atom is 0.219 e. The SMILES string of the molecule is CNC(=O)CC[C@H]1O[C@@H]2SC(N(C)C)=N[C@@H]2[C@@H](O)[C@@H]1O.CNC(=O)CC[C@H]1O[C@@H]2SC(N(C)C)=N[C@@H]2[C@@H](OCc2ccc(OC)cc2)[C@@H]1C. The average molecular weight is 725 g/mol. The summed E-state index contributed by atoms with van der Waals surface area (Å²) in [6.45, 7) is 2.64. The van der Waals surface area contributed by atoms with E-state index < -0.39 is 24.4 Å². The average Bonchev–Trinajstić information content (AvgIpc) is 3.73. The predicted octanol–water partition coefficient (Wildman–Crippen LogP) is 1.49. The molecule has 1 aromatic rings. The molecule has 49 heavy (non-hydrogen) atoms. The molecule has 0 saturated carbocycles. The third kappa shape index (κ3) is 10.0. The van der Waals surface area contributed by atoms with E-state index >= 15 is 0 Å². The molecule has 0 unspecified atom stereocenters. The number of carbonyl (C=O) groups is 2. The molecule has 0 radical (unpaired) electrons. The molecule has 0 aromatic heterocycles. The smallest absolute Gasteiger partial charge is 0.219 e. The minimum Gasteiger partial charge on any atom is -0.497 e. The quantitative estimate of drug-likeness (QED) is 0.275. The van der Waals surface area contributed by atoms with Gasteiger partial charge in [0.2, 0.25) is 11.8 Å². The van der Waals surface area contributed by atoms with Gasteiger partial charge in [0.25, 0.3) is 0 Å². The van der Waals surface area contributed by atoms with Crippen molar-refractivity contribution in [3.8, 4) is 5.75 Å². The number of hydrogen-bond acceptors (Lipinski definition) is 14. The van der Waals surface area contributed by atoms with Gasteiger partial charge in [0.1, 0.15) is 40.9 Å². The standard InChI is InChI=1S/C21H31N3O4S.C12H21N3O4S/c1-13-16(10-11-17(25)22-2)28-20-18(23-21(29-20)24(3)4)19(13)27-12-14-6-8-15(26-5)9-7-14;1-13-7(16)5-4-6-9(17)10(18)8-11(19-6)20-12(14-8)15(2)3/h6-9,13,16,18-20H,10-12H2,1-5H3,(H,22,25);6,8-11,17-18H,4-5H2,1-3H3,(H,13,16)/t13-,16-,18-,19+,20-;6-,8-,9-,10-,11-/m11/s1. The zero-order valence-corrected chi connectivity index (χ0v) is 31.2. The molecule has 0 spiro atoms. The molecule has 0 bridgehead atoms. The number of nitrogens with zero attached hydrogens (tertiary/aromatic N) is 4. The molecule has 16 heteroatoms. The highest BCUT2D eigenvalue weighted by molar-refractivity contribution is 8.14. The molecule has 4 aliphatic rings. The summed E-state index contributed by atoms with van der Waals surface area (Å²) in [5.74, 6) is 0.879. The van der Waals surface area contributed by atoms with E-state index in [4.69, 9.17) is 23.9 Å². The van der Waals surface area contributed by atoms with Crippen molar-refractivity contribution in [2.24, 2.45) is 15.9 Å². The lowest BCUT2D eigenvalue weighted by atomic mass is 9.87. The van der Waals surface area contributed by atoms with Crippen LogP contribution in [0.5, 0.6) is 5.75 Å². The van der Waals surface area contributed by atoms with Gasteiger partial charge < -0.3 is 49.6 Å². The molecule has 5 rings (SSSR count). The number of amides is 2. The number of ether oxygens (including phenoxy) is 4. The number of aliphatic imine (C=N–C) groups is 2. The van der Waals surface area contributed by atoms with E-state index in [-0.39, 0.29) is 53.3 Å². The van der Waals surface area contributed by atoms with Crippen molar-refractivity contribution >= 4 is 45.7 Å². The van der Waals surface area contributed by atoms with Crippen LogP contribution in [-0.4, -0.2) is 145 Å². The molecule has 2 amide bonds. The monoisotopic (exact) mass is 724 g/mol. The largest absolute Gasteiger partial charge is 0.497 e. The van der Waals surface area contributed by atoms with Gasteiger partial charge in [-0.3, -0.25) is 19.6 Å². The van der Waals surface area contributed by atoms with Gasteiger partial charge in [-0.1, -0.05) is 42.6 Å². The number of aliphatic hydroxyl groups excluding tert-OH is 2. The number of methoxy groups -OCH3 is 1. The van der Waals surface area contributed by atoms with Gasteiger partial charge in [-0.25, -0.2) is 0 Å². The first-order valence-electron chi connectivity index (χ1n) is 16.5. The van der Waals surface area contributed by atoms with Crippen molar-refractivity contribution in [3.05, 3.63) is 29.8 Å². The zero-order valence-electron chi connectivity index (χ0n) is 29.6. The lowest BCUT2D eigenvalue weighted by Gasteiger charge is -2.41. The summed E-state index contributed by atoms with van der Waals surface area (Å²) in [5.41, 5.74) is 0.699. The van der Waals surface area contributed by atoms with Crippen LogP contribution in [0.4, 0.5) is 0 Å². The first-order chi connectivity index (χ1) is 23.4. The second kappa shape index (κ2) is 18.1. The van der Waals surface area contributed by atoms with Crippen LogP contribution < -0.4 is 15.4 Å². The molecular weight excluding hydrogens is 673 g/mol. The third-order valence-corrected chi connectivity index (χ3v) is 11.5. The van der Waals surface area contributed by atoms with Crippen molar-refractivity contribution in [2.75, 3.05) is 49.4 Å². The number of hydrogen-bond donors (Lipinski definition) is 4. The topological polar surface area (TPSA) is 167 Å². The Hall–Kier alpha value is -2.60. The summed E-state index contributed by atoms with van der Waals surface area (Å²) in [6, 6.07) is 7.40. The number of carbonyl (C=O) groups excluding carboxylic acids is 2. The number of rotatable bonds is 10. The Morgan fingerprint density at radius 2 is 1.35 bits per heavy atom. The number of benzene rings is 1.